The highest BCUT2D eigenvalue weighted by atomic mass is 32.1. The quantitative estimate of drug-likeness (QED) is 0.881. The fraction of sp³-hybridized carbons (Fsp3) is 0.400. The molecule has 1 fully saturated rings. The van der Waals surface area contributed by atoms with Crippen LogP contribution in [0.15, 0.2) is 24.3 Å². The van der Waals surface area contributed by atoms with Crippen LogP contribution in [0.1, 0.15) is 35.9 Å². The summed E-state index contributed by atoms with van der Waals surface area (Å²) in [6.45, 7) is 2.13. The van der Waals surface area contributed by atoms with Crippen LogP contribution in [0.4, 0.5) is 5.69 Å². The van der Waals surface area contributed by atoms with Crippen molar-refractivity contribution in [2.24, 2.45) is 0 Å². The summed E-state index contributed by atoms with van der Waals surface area (Å²) in [5.41, 5.74) is 3.61. The molecule has 3 rings (SSSR count). The Kier molecular flexibility index (Phi) is 3.08. The summed E-state index contributed by atoms with van der Waals surface area (Å²) >= 11 is 1.88. The van der Waals surface area contributed by atoms with Gasteiger partial charge in [0, 0.05) is 18.7 Å². The average molecular weight is 258 g/mol. The zero-order chi connectivity index (χ0) is 12.5. The summed E-state index contributed by atoms with van der Waals surface area (Å²) in [6.07, 6.45) is 4.01. The van der Waals surface area contributed by atoms with Gasteiger partial charge in [-0.1, -0.05) is 18.6 Å². The molecule has 18 heavy (non-hydrogen) atoms. The molecule has 1 N–H and O–H groups in total. The van der Waals surface area contributed by atoms with Crippen molar-refractivity contribution in [3.05, 3.63) is 35.0 Å². The van der Waals surface area contributed by atoms with Gasteiger partial charge in [0.25, 0.3) is 0 Å². The molecule has 3 heteroatoms. The van der Waals surface area contributed by atoms with Crippen molar-refractivity contribution < 1.29 is 0 Å². The van der Waals surface area contributed by atoms with Gasteiger partial charge in [-0.15, -0.1) is 11.3 Å². The average Bonchev–Trinajstić information content (AvgIpc) is 2.69. The fourth-order valence-electron chi connectivity index (χ4n) is 2.33. The first kappa shape index (κ1) is 11.7. The van der Waals surface area contributed by atoms with Crippen molar-refractivity contribution in [1.82, 2.24) is 4.98 Å². The predicted molar refractivity (Wildman–Crippen MR) is 78.4 cm³/mol. The standard InChI is InChI=1S/C15H18N2S/c1-10-14(12-7-4-8-13(9-12)16-2)18-15(17-10)11-5-3-6-11/h4,7-9,11,16H,3,5-6H2,1-2H3. The maximum absolute atomic E-state index is 4.76. The van der Waals surface area contributed by atoms with E-state index < -0.39 is 0 Å². The lowest BCUT2D eigenvalue weighted by Crippen LogP contribution is -2.07. The summed E-state index contributed by atoms with van der Waals surface area (Å²) in [6, 6.07) is 8.56. The molecule has 1 aromatic heterocycles. The van der Waals surface area contributed by atoms with Crippen LogP contribution in [0.2, 0.25) is 0 Å². The van der Waals surface area contributed by atoms with E-state index in [1.54, 1.807) is 0 Å². The lowest BCUT2D eigenvalue weighted by molar-refractivity contribution is 0.418. The second kappa shape index (κ2) is 4.73. The van der Waals surface area contributed by atoms with Crippen LogP contribution >= 0.6 is 11.3 Å². The van der Waals surface area contributed by atoms with E-state index in [1.807, 2.05) is 18.4 Å². The SMILES string of the molecule is CNc1cccc(-c2sc(C3CCC3)nc2C)c1. The summed E-state index contributed by atoms with van der Waals surface area (Å²) in [5, 5.41) is 4.53. The van der Waals surface area contributed by atoms with Crippen LogP contribution in [0.5, 0.6) is 0 Å². The minimum Gasteiger partial charge on any atom is -0.388 e. The Morgan fingerprint density at radius 2 is 2.17 bits per heavy atom. The first-order chi connectivity index (χ1) is 8.78. The van der Waals surface area contributed by atoms with Crippen LogP contribution < -0.4 is 5.32 Å². The van der Waals surface area contributed by atoms with E-state index >= 15 is 0 Å². The van der Waals surface area contributed by atoms with Gasteiger partial charge in [-0.2, -0.15) is 0 Å². The number of rotatable bonds is 3. The molecule has 2 nitrogen and oxygen atoms in total. The van der Waals surface area contributed by atoms with Crippen LogP contribution in [0.25, 0.3) is 10.4 Å². The number of hydrogen-bond donors (Lipinski definition) is 1. The third kappa shape index (κ3) is 2.03. The van der Waals surface area contributed by atoms with E-state index in [0.29, 0.717) is 0 Å². The third-order valence-corrected chi connectivity index (χ3v) is 5.05. The molecule has 1 aliphatic carbocycles. The molecule has 0 atom stereocenters. The summed E-state index contributed by atoms with van der Waals surface area (Å²) in [7, 11) is 1.96. The third-order valence-electron chi connectivity index (χ3n) is 3.68. The van der Waals surface area contributed by atoms with E-state index in [1.165, 1.54) is 40.4 Å². The minimum absolute atomic E-state index is 0.731. The Morgan fingerprint density at radius 1 is 1.33 bits per heavy atom. The maximum Gasteiger partial charge on any atom is 0.0965 e. The van der Waals surface area contributed by atoms with Crippen LogP contribution in [-0.4, -0.2) is 12.0 Å². The molecule has 0 saturated heterocycles. The lowest BCUT2D eigenvalue weighted by Gasteiger charge is -2.22. The van der Waals surface area contributed by atoms with Gasteiger partial charge in [0.15, 0.2) is 0 Å². The van der Waals surface area contributed by atoms with Crippen molar-refractivity contribution in [2.75, 3.05) is 12.4 Å². The smallest absolute Gasteiger partial charge is 0.0965 e. The molecule has 0 spiro atoms. The number of hydrogen-bond acceptors (Lipinski definition) is 3. The first-order valence-corrected chi connectivity index (χ1v) is 7.35. The Morgan fingerprint density at radius 3 is 2.83 bits per heavy atom. The number of nitrogens with one attached hydrogen (secondary N) is 1. The van der Waals surface area contributed by atoms with Gasteiger partial charge in [0.1, 0.15) is 0 Å². The zero-order valence-electron chi connectivity index (χ0n) is 10.9. The topological polar surface area (TPSA) is 24.9 Å². The van der Waals surface area contributed by atoms with Gasteiger partial charge in [0.2, 0.25) is 0 Å². The molecule has 0 aliphatic heterocycles. The van der Waals surface area contributed by atoms with E-state index in [2.05, 4.69) is 36.5 Å². The van der Waals surface area contributed by atoms with Crippen LogP contribution in [-0.2, 0) is 0 Å². The van der Waals surface area contributed by atoms with Gasteiger partial charge < -0.3 is 5.32 Å². The van der Waals surface area contributed by atoms with E-state index in [9.17, 15) is 0 Å². The highest BCUT2D eigenvalue weighted by Crippen LogP contribution is 2.41. The molecule has 0 bridgehead atoms. The highest BCUT2D eigenvalue weighted by molar-refractivity contribution is 7.15. The second-order valence-electron chi connectivity index (χ2n) is 4.93. The molecule has 1 aromatic carbocycles. The van der Waals surface area contributed by atoms with Gasteiger partial charge in [-0.05, 0) is 37.5 Å². The lowest BCUT2D eigenvalue weighted by atomic mass is 9.86. The molecule has 0 unspecified atom stereocenters. The number of anilines is 1. The van der Waals surface area contributed by atoms with Gasteiger partial charge in [-0.3, -0.25) is 0 Å². The number of benzene rings is 1. The maximum atomic E-state index is 4.76. The van der Waals surface area contributed by atoms with E-state index in [0.717, 1.165) is 11.6 Å². The van der Waals surface area contributed by atoms with Crippen LogP contribution in [0, 0.1) is 6.92 Å². The molecular formula is C15H18N2S. The van der Waals surface area contributed by atoms with Crippen molar-refractivity contribution in [3.63, 3.8) is 0 Å². The Bertz CT molecular complexity index is 555. The minimum atomic E-state index is 0.731. The molecule has 0 amide bonds. The van der Waals surface area contributed by atoms with E-state index in [-0.39, 0.29) is 0 Å². The Labute approximate surface area is 112 Å². The number of aryl methyl sites for hydroxylation is 1. The summed E-state index contributed by atoms with van der Waals surface area (Å²) < 4.78 is 0. The molecule has 1 saturated carbocycles. The summed E-state index contributed by atoms with van der Waals surface area (Å²) in [5.74, 6) is 0.731. The number of nitrogens with zero attached hydrogens (tertiary/aromatic N) is 1. The second-order valence-corrected chi connectivity index (χ2v) is 5.96. The van der Waals surface area contributed by atoms with Gasteiger partial charge in [0.05, 0.1) is 15.6 Å². The highest BCUT2D eigenvalue weighted by Gasteiger charge is 2.24. The molecule has 94 valence electrons. The number of aromatic nitrogens is 1. The van der Waals surface area contributed by atoms with Crippen LogP contribution in [0.3, 0.4) is 0 Å². The molecule has 1 heterocycles. The predicted octanol–water partition coefficient (Wildman–Crippen LogP) is 4.43. The van der Waals surface area contributed by atoms with Gasteiger partial charge >= 0.3 is 0 Å². The molecule has 1 aliphatic rings. The molecule has 2 aromatic rings. The monoisotopic (exact) mass is 258 g/mol. The van der Waals surface area contributed by atoms with Crippen molar-refractivity contribution in [2.45, 2.75) is 32.1 Å². The fourth-order valence-corrected chi connectivity index (χ4v) is 3.56. The zero-order valence-corrected chi connectivity index (χ0v) is 11.7. The Hall–Kier alpha value is -1.35. The Balaban J connectivity index is 1.97. The largest absolute Gasteiger partial charge is 0.388 e. The summed E-state index contributed by atoms with van der Waals surface area (Å²) in [4.78, 5) is 6.09. The molecule has 0 radical (unpaired) electrons. The van der Waals surface area contributed by atoms with E-state index in [4.69, 9.17) is 4.98 Å². The first-order valence-electron chi connectivity index (χ1n) is 6.53. The van der Waals surface area contributed by atoms with Gasteiger partial charge in [-0.25, -0.2) is 4.98 Å². The normalized spacial score (nSPS) is 15.4. The van der Waals surface area contributed by atoms with Crippen molar-refractivity contribution >= 4 is 17.0 Å². The van der Waals surface area contributed by atoms with Crippen molar-refractivity contribution in [3.8, 4) is 10.4 Å². The molecular weight excluding hydrogens is 240 g/mol. The van der Waals surface area contributed by atoms with Crippen molar-refractivity contribution in [1.29, 1.82) is 0 Å². The number of thiazole rings is 1.